The Hall–Kier alpha value is -1.31. The predicted octanol–water partition coefficient (Wildman–Crippen LogP) is 2.90. The van der Waals surface area contributed by atoms with Crippen LogP contribution in [0.15, 0.2) is 24.3 Å². The van der Waals surface area contributed by atoms with E-state index in [9.17, 15) is 13.2 Å². The average Bonchev–Trinajstić information content (AvgIpc) is 2.60. The van der Waals surface area contributed by atoms with Gasteiger partial charge in [0, 0.05) is 23.8 Å². The summed E-state index contributed by atoms with van der Waals surface area (Å²) < 4.78 is 26.1. The summed E-state index contributed by atoms with van der Waals surface area (Å²) >= 11 is 0. The number of nitrogens with two attached hydrogens (primary N) is 1. The fraction of sp³-hybridized carbons (Fsp3) is 0.611. The van der Waals surface area contributed by atoms with Gasteiger partial charge in [0.15, 0.2) is 0 Å². The van der Waals surface area contributed by atoms with E-state index in [1.165, 1.54) is 19.3 Å². The first-order chi connectivity index (χ1) is 11.9. The Morgan fingerprint density at radius 2 is 1.81 bits per heavy atom. The monoisotopic (exact) mass is 403 g/mol. The highest BCUT2D eigenvalue weighted by molar-refractivity contribution is 7.92. The van der Waals surface area contributed by atoms with Crippen LogP contribution < -0.4 is 15.8 Å². The molecule has 6 nitrogen and oxygen atoms in total. The van der Waals surface area contributed by atoms with Crippen LogP contribution >= 0.6 is 12.4 Å². The Morgan fingerprint density at radius 1 is 1.19 bits per heavy atom. The zero-order valence-corrected chi connectivity index (χ0v) is 16.9. The molecule has 8 heteroatoms. The largest absolute Gasteiger partial charge is 0.348 e. The summed E-state index contributed by atoms with van der Waals surface area (Å²) in [5.74, 6) is 0.362. The molecule has 1 saturated carbocycles. The fourth-order valence-corrected chi connectivity index (χ4v) is 4.48. The molecule has 2 rings (SSSR count). The summed E-state index contributed by atoms with van der Waals surface area (Å²) in [5, 5.41) is 3.04. The Kier molecular flexibility index (Phi) is 9.39. The van der Waals surface area contributed by atoms with Crippen molar-refractivity contribution in [2.24, 2.45) is 11.7 Å². The molecule has 1 atom stereocenters. The zero-order chi connectivity index (χ0) is 18.3. The Morgan fingerprint density at radius 3 is 2.35 bits per heavy atom. The second kappa shape index (κ2) is 10.7. The summed E-state index contributed by atoms with van der Waals surface area (Å²) in [6.45, 7) is 2.25. The van der Waals surface area contributed by atoms with Crippen molar-refractivity contribution in [1.82, 2.24) is 5.32 Å². The van der Waals surface area contributed by atoms with Crippen LogP contribution in [0.2, 0.25) is 0 Å². The molecule has 26 heavy (non-hydrogen) atoms. The molecule has 1 aromatic rings. The first-order valence-electron chi connectivity index (χ1n) is 9.06. The number of amides is 1. The number of sulfonamides is 1. The number of hydrogen-bond acceptors (Lipinski definition) is 4. The van der Waals surface area contributed by atoms with E-state index in [4.69, 9.17) is 5.73 Å². The standard InChI is InChI=1S/C18H29N3O3S.ClH/c1-2-12-25(23,24)21-16-10-8-15(9-11-16)18(22)20-17(13-19)14-6-4-3-5-7-14;/h8-11,14,17,21H,2-7,12-13,19H2,1H3,(H,20,22);1H. The van der Waals surface area contributed by atoms with E-state index in [1.807, 2.05) is 6.92 Å². The van der Waals surface area contributed by atoms with Crippen LogP contribution in [0.4, 0.5) is 5.69 Å². The quantitative estimate of drug-likeness (QED) is 0.621. The van der Waals surface area contributed by atoms with Gasteiger partial charge >= 0.3 is 0 Å². The zero-order valence-electron chi connectivity index (χ0n) is 15.2. The number of nitrogens with one attached hydrogen (secondary N) is 2. The van der Waals surface area contributed by atoms with Gasteiger partial charge in [-0.25, -0.2) is 8.42 Å². The van der Waals surface area contributed by atoms with Crippen molar-refractivity contribution in [2.75, 3.05) is 17.0 Å². The van der Waals surface area contributed by atoms with Crippen LogP contribution in [0.1, 0.15) is 55.8 Å². The number of rotatable bonds is 8. The lowest BCUT2D eigenvalue weighted by atomic mass is 9.84. The molecule has 1 aliphatic carbocycles. The third-order valence-electron chi connectivity index (χ3n) is 4.68. The maximum absolute atomic E-state index is 12.5. The van der Waals surface area contributed by atoms with Crippen molar-refractivity contribution in [3.63, 3.8) is 0 Å². The third kappa shape index (κ3) is 6.78. The van der Waals surface area contributed by atoms with Gasteiger partial charge in [-0.15, -0.1) is 12.4 Å². The van der Waals surface area contributed by atoms with Gasteiger partial charge < -0.3 is 11.1 Å². The first-order valence-corrected chi connectivity index (χ1v) is 10.7. The maximum atomic E-state index is 12.5. The van der Waals surface area contributed by atoms with Gasteiger partial charge in [0.05, 0.1) is 5.75 Å². The predicted molar refractivity (Wildman–Crippen MR) is 108 cm³/mol. The van der Waals surface area contributed by atoms with Crippen LogP contribution in [0.5, 0.6) is 0 Å². The van der Waals surface area contributed by atoms with E-state index < -0.39 is 10.0 Å². The van der Waals surface area contributed by atoms with Crippen LogP contribution in [0, 0.1) is 5.92 Å². The Balaban J connectivity index is 0.00000338. The van der Waals surface area contributed by atoms with Crippen LogP contribution in [0.3, 0.4) is 0 Å². The molecule has 0 bridgehead atoms. The van der Waals surface area contributed by atoms with E-state index in [-0.39, 0.29) is 30.1 Å². The minimum atomic E-state index is -3.32. The summed E-state index contributed by atoms with van der Waals surface area (Å²) in [5.41, 5.74) is 6.83. The molecule has 0 heterocycles. The Labute approximate surface area is 162 Å². The summed E-state index contributed by atoms with van der Waals surface area (Å²) in [4.78, 5) is 12.5. The molecule has 148 valence electrons. The van der Waals surface area contributed by atoms with Gasteiger partial charge in [0.1, 0.15) is 0 Å². The summed E-state index contributed by atoms with van der Waals surface area (Å²) in [6, 6.07) is 6.48. The van der Waals surface area contributed by atoms with Crippen molar-refractivity contribution in [1.29, 1.82) is 0 Å². The molecular formula is C18H30ClN3O3S. The number of benzene rings is 1. The lowest BCUT2D eigenvalue weighted by molar-refractivity contribution is 0.0915. The van der Waals surface area contributed by atoms with Crippen molar-refractivity contribution in [3.05, 3.63) is 29.8 Å². The third-order valence-corrected chi connectivity index (χ3v) is 6.17. The molecule has 0 spiro atoms. The number of carbonyl (C=O) groups excluding carboxylic acids is 1. The lowest BCUT2D eigenvalue weighted by Gasteiger charge is -2.30. The van der Waals surface area contributed by atoms with Gasteiger partial charge in [-0.05, 0) is 49.4 Å². The topological polar surface area (TPSA) is 101 Å². The SMILES string of the molecule is CCCS(=O)(=O)Nc1ccc(C(=O)NC(CN)C2CCCCC2)cc1.Cl. The Bertz CT molecular complexity index is 659. The summed E-state index contributed by atoms with van der Waals surface area (Å²) in [6.07, 6.45) is 6.43. The van der Waals surface area contributed by atoms with Crippen molar-refractivity contribution in [3.8, 4) is 0 Å². The van der Waals surface area contributed by atoms with Gasteiger partial charge in [-0.3, -0.25) is 9.52 Å². The summed E-state index contributed by atoms with van der Waals surface area (Å²) in [7, 11) is -3.32. The molecule has 1 amide bonds. The van der Waals surface area contributed by atoms with Gasteiger partial charge in [0.25, 0.3) is 5.91 Å². The van der Waals surface area contributed by atoms with E-state index in [0.29, 0.717) is 30.1 Å². The van der Waals surface area contributed by atoms with Gasteiger partial charge in [0.2, 0.25) is 10.0 Å². The van der Waals surface area contributed by atoms with E-state index >= 15 is 0 Å². The molecule has 0 aliphatic heterocycles. The highest BCUT2D eigenvalue weighted by Crippen LogP contribution is 2.26. The molecule has 1 unspecified atom stereocenters. The molecule has 0 aromatic heterocycles. The lowest BCUT2D eigenvalue weighted by Crippen LogP contribution is -2.45. The molecule has 0 saturated heterocycles. The molecule has 0 radical (unpaired) electrons. The van der Waals surface area contributed by atoms with Crippen molar-refractivity contribution < 1.29 is 13.2 Å². The number of hydrogen-bond donors (Lipinski definition) is 3. The highest BCUT2D eigenvalue weighted by Gasteiger charge is 2.24. The van der Waals surface area contributed by atoms with Gasteiger partial charge in [-0.2, -0.15) is 0 Å². The van der Waals surface area contributed by atoms with E-state index in [2.05, 4.69) is 10.0 Å². The maximum Gasteiger partial charge on any atom is 0.251 e. The fourth-order valence-electron chi connectivity index (χ4n) is 3.35. The molecular weight excluding hydrogens is 374 g/mol. The molecule has 1 aromatic carbocycles. The van der Waals surface area contributed by atoms with Crippen LogP contribution in [-0.4, -0.2) is 32.7 Å². The number of anilines is 1. The van der Waals surface area contributed by atoms with Crippen LogP contribution in [0.25, 0.3) is 0 Å². The molecule has 1 fully saturated rings. The minimum Gasteiger partial charge on any atom is -0.348 e. The van der Waals surface area contributed by atoms with Gasteiger partial charge in [-0.1, -0.05) is 26.2 Å². The number of carbonyl (C=O) groups is 1. The van der Waals surface area contributed by atoms with E-state index in [0.717, 1.165) is 12.8 Å². The van der Waals surface area contributed by atoms with Crippen molar-refractivity contribution >= 4 is 34.0 Å². The highest BCUT2D eigenvalue weighted by atomic mass is 35.5. The minimum absolute atomic E-state index is 0. The van der Waals surface area contributed by atoms with Crippen LogP contribution in [-0.2, 0) is 10.0 Å². The second-order valence-electron chi connectivity index (χ2n) is 6.71. The normalized spacial score (nSPS) is 16.4. The average molecular weight is 404 g/mol. The van der Waals surface area contributed by atoms with E-state index in [1.54, 1.807) is 24.3 Å². The number of halogens is 1. The van der Waals surface area contributed by atoms with Crippen molar-refractivity contribution in [2.45, 2.75) is 51.5 Å². The molecule has 4 N–H and O–H groups in total. The first kappa shape index (κ1) is 22.7. The molecule has 1 aliphatic rings. The second-order valence-corrected chi connectivity index (χ2v) is 8.55. The smallest absolute Gasteiger partial charge is 0.251 e.